The number of hydrogen-bond acceptors (Lipinski definition) is 5. The number of hydrogen-bond donors (Lipinski definition) is 2. The molecule has 0 aromatic carbocycles. The summed E-state index contributed by atoms with van der Waals surface area (Å²) < 4.78 is 5.20. The van der Waals surface area contributed by atoms with E-state index >= 15 is 0 Å². The lowest BCUT2D eigenvalue weighted by molar-refractivity contribution is 0.0945. The maximum atomic E-state index is 12.1. The van der Waals surface area contributed by atoms with Crippen LogP contribution in [-0.4, -0.2) is 20.9 Å². The van der Waals surface area contributed by atoms with Gasteiger partial charge in [0, 0.05) is 18.9 Å². The molecule has 3 aromatic heterocycles. The molecule has 3 rings (SSSR count). The molecule has 0 aliphatic carbocycles. The van der Waals surface area contributed by atoms with E-state index < -0.39 is 11.6 Å². The van der Waals surface area contributed by atoms with E-state index in [9.17, 15) is 9.59 Å². The Kier molecular flexibility index (Phi) is 3.78. The van der Waals surface area contributed by atoms with E-state index in [0.717, 1.165) is 5.56 Å². The van der Waals surface area contributed by atoms with Crippen molar-refractivity contribution in [1.29, 1.82) is 0 Å². The van der Waals surface area contributed by atoms with E-state index in [4.69, 9.17) is 4.42 Å². The number of carbonyl (C=O) groups excluding carboxylic acids is 1. The lowest BCUT2D eigenvalue weighted by Crippen LogP contribution is -2.27. The largest absolute Gasteiger partial charge is 0.463 e. The number of amides is 1. The molecular weight excluding hydrogens is 284 g/mol. The zero-order valence-electron chi connectivity index (χ0n) is 11.4. The molecule has 1 amide bonds. The summed E-state index contributed by atoms with van der Waals surface area (Å²) in [5.41, 5.74) is 0.727. The molecule has 7 heteroatoms. The van der Waals surface area contributed by atoms with E-state index in [1.807, 2.05) is 0 Å². The predicted octanol–water partition coefficient (Wildman–Crippen LogP) is 1.35. The summed E-state index contributed by atoms with van der Waals surface area (Å²) >= 11 is 0. The molecule has 0 unspecified atom stereocenters. The van der Waals surface area contributed by atoms with Crippen LogP contribution in [0.1, 0.15) is 16.1 Å². The van der Waals surface area contributed by atoms with Crippen LogP contribution in [0.15, 0.2) is 58.2 Å². The maximum Gasteiger partial charge on any atom is 0.346 e. The topological polar surface area (TPSA) is 101 Å². The first-order chi connectivity index (χ1) is 10.7. The second-order valence-corrected chi connectivity index (χ2v) is 4.50. The third-order valence-electron chi connectivity index (χ3n) is 2.97. The fraction of sp³-hybridized carbons (Fsp3) is 0.0667. The van der Waals surface area contributed by atoms with Gasteiger partial charge in [0.25, 0.3) is 5.91 Å². The molecule has 110 valence electrons. The molecule has 0 aliphatic rings. The van der Waals surface area contributed by atoms with Gasteiger partial charge in [-0.25, -0.2) is 4.79 Å². The second kappa shape index (κ2) is 6.04. The summed E-state index contributed by atoms with van der Waals surface area (Å²) in [4.78, 5) is 33.8. The minimum atomic E-state index is -0.608. The maximum absolute atomic E-state index is 12.1. The Hall–Kier alpha value is -3.22. The van der Waals surface area contributed by atoms with Crippen molar-refractivity contribution in [3.8, 4) is 11.5 Å². The zero-order chi connectivity index (χ0) is 15.4. The average molecular weight is 296 g/mol. The fourth-order valence-corrected chi connectivity index (χ4v) is 1.91. The summed E-state index contributed by atoms with van der Waals surface area (Å²) in [6, 6.07) is 8.43. The zero-order valence-corrected chi connectivity index (χ0v) is 11.4. The minimum absolute atomic E-state index is 0.0317. The number of aromatic nitrogens is 3. The number of furan rings is 1. The number of H-pyrrole nitrogens is 1. The molecule has 3 heterocycles. The molecule has 3 aromatic rings. The Morgan fingerprint density at radius 3 is 2.82 bits per heavy atom. The van der Waals surface area contributed by atoms with Crippen molar-refractivity contribution in [2.24, 2.45) is 0 Å². The molecule has 22 heavy (non-hydrogen) atoms. The van der Waals surface area contributed by atoms with Gasteiger partial charge in [-0.1, -0.05) is 0 Å². The van der Waals surface area contributed by atoms with Gasteiger partial charge in [0.2, 0.25) is 0 Å². The highest BCUT2D eigenvalue weighted by Gasteiger charge is 2.12. The van der Waals surface area contributed by atoms with Crippen LogP contribution in [0.3, 0.4) is 0 Å². The molecule has 0 spiro atoms. The average Bonchev–Trinajstić information content (AvgIpc) is 3.07. The predicted molar refractivity (Wildman–Crippen MR) is 78.0 cm³/mol. The molecule has 7 nitrogen and oxygen atoms in total. The summed E-state index contributed by atoms with van der Waals surface area (Å²) in [5.74, 6) is 0.0263. The lowest BCUT2D eigenvalue weighted by Gasteiger charge is -2.05. The second-order valence-electron chi connectivity index (χ2n) is 4.50. The first-order valence-electron chi connectivity index (χ1n) is 6.55. The van der Waals surface area contributed by atoms with E-state index in [1.54, 1.807) is 36.7 Å². The van der Waals surface area contributed by atoms with Crippen molar-refractivity contribution in [1.82, 2.24) is 20.3 Å². The van der Waals surface area contributed by atoms with Crippen LogP contribution in [-0.2, 0) is 6.54 Å². The standard InChI is InChI=1S/C15H12N4O3/c20-14(17-9-10-3-5-16-6-4-10)12-8-11(18-15(21)19-12)13-2-1-7-22-13/h1-8H,9H2,(H,17,20)(H,18,19,21). The molecule has 0 atom stereocenters. The van der Waals surface area contributed by atoms with Gasteiger partial charge in [-0.3, -0.25) is 9.78 Å². The van der Waals surface area contributed by atoms with Gasteiger partial charge >= 0.3 is 5.69 Å². The van der Waals surface area contributed by atoms with Gasteiger partial charge in [-0.05, 0) is 35.9 Å². The van der Waals surface area contributed by atoms with Crippen molar-refractivity contribution in [3.05, 3.63) is 70.7 Å². The van der Waals surface area contributed by atoms with Gasteiger partial charge in [0.15, 0.2) is 0 Å². The normalized spacial score (nSPS) is 10.4. The van der Waals surface area contributed by atoms with Crippen LogP contribution < -0.4 is 11.0 Å². The fourth-order valence-electron chi connectivity index (χ4n) is 1.91. The monoisotopic (exact) mass is 296 g/mol. The van der Waals surface area contributed by atoms with Crippen LogP contribution in [0.2, 0.25) is 0 Å². The molecule has 0 fully saturated rings. The van der Waals surface area contributed by atoms with E-state index in [-0.39, 0.29) is 5.69 Å². The van der Waals surface area contributed by atoms with Gasteiger partial charge in [0.1, 0.15) is 11.5 Å². The van der Waals surface area contributed by atoms with Crippen LogP contribution in [0.4, 0.5) is 0 Å². The highest BCUT2D eigenvalue weighted by atomic mass is 16.3. The number of pyridine rings is 1. The number of rotatable bonds is 4. The lowest BCUT2D eigenvalue weighted by atomic mass is 10.2. The first-order valence-corrected chi connectivity index (χ1v) is 6.55. The molecular formula is C15H12N4O3. The molecule has 0 saturated carbocycles. The van der Waals surface area contributed by atoms with E-state index in [1.165, 1.54) is 12.3 Å². The Morgan fingerprint density at radius 2 is 2.09 bits per heavy atom. The van der Waals surface area contributed by atoms with Gasteiger partial charge in [-0.2, -0.15) is 4.98 Å². The van der Waals surface area contributed by atoms with E-state index in [2.05, 4.69) is 20.3 Å². The highest BCUT2D eigenvalue weighted by molar-refractivity contribution is 5.92. The summed E-state index contributed by atoms with van der Waals surface area (Å²) in [6.45, 7) is 0.325. The molecule has 0 saturated heterocycles. The third kappa shape index (κ3) is 3.09. The van der Waals surface area contributed by atoms with Crippen LogP contribution in [0.25, 0.3) is 11.5 Å². The minimum Gasteiger partial charge on any atom is -0.463 e. The van der Waals surface area contributed by atoms with Gasteiger partial charge in [0.05, 0.1) is 12.0 Å². The number of nitrogens with one attached hydrogen (secondary N) is 2. The SMILES string of the molecule is O=C(NCc1ccncc1)c1cc(-c2ccco2)[nH]c(=O)n1. The Labute approximate surface area is 125 Å². The highest BCUT2D eigenvalue weighted by Crippen LogP contribution is 2.16. The van der Waals surface area contributed by atoms with Crippen LogP contribution in [0, 0.1) is 0 Å². The summed E-state index contributed by atoms with van der Waals surface area (Å²) in [7, 11) is 0. The molecule has 2 N–H and O–H groups in total. The van der Waals surface area contributed by atoms with Gasteiger partial charge in [-0.15, -0.1) is 0 Å². The Bertz CT molecular complexity index is 826. The third-order valence-corrected chi connectivity index (χ3v) is 2.97. The Balaban J connectivity index is 1.79. The van der Waals surface area contributed by atoms with Crippen molar-refractivity contribution < 1.29 is 9.21 Å². The van der Waals surface area contributed by atoms with E-state index in [0.29, 0.717) is 18.0 Å². The van der Waals surface area contributed by atoms with Crippen molar-refractivity contribution in [2.45, 2.75) is 6.54 Å². The Morgan fingerprint density at radius 1 is 1.27 bits per heavy atom. The molecule has 0 bridgehead atoms. The molecule has 0 aliphatic heterocycles. The van der Waals surface area contributed by atoms with Crippen molar-refractivity contribution >= 4 is 5.91 Å². The summed E-state index contributed by atoms with van der Waals surface area (Å²) in [6.07, 6.45) is 4.77. The quantitative estimate of drug-likeness (QED) is 0.757. The van der Waals surface area contributed by atoms with Crippen LogP contribution in [0.5, 0.6) is 0 Å². The number of carbonyl (C=O) groups is 1. The smallest absolute Gasteiger partial charge is 0.346 e. The number of nitrogens with zero attached hydrogens (tertiary/aromatic N) is 2. The summed E-state index contributed by atoms with van der Waals surface area (Å²) in [5, 5.41) is 2.70. The number of aromatic amines is 1. The van der Waals surface area contributed by atoms with Crippen molar-refractivity contribution in [2.75, 3.05) is 0 Å². The van der Waals surface area contributed by atoms with Crippen molar-refractivity contribution in [3.63, 3.8) is 0 Å². The van der Waals surface area contributed by atoms with Gasteiger partial charge < -0.3 is 14.7 Å². The molecule has 0 radical (unpaired) electrons. The van der Waals surface area contributed by atoms with Crippen LogP contribution >= 0.6 is 0 Å². The first kappa shape index (κ1) is 13.7.